The van der Waals surface area contributed by atoms with E-state index in [1.807, 2.05) is 36.1 Å². The summed E-state index contributed by atoms with van der Waals surface area (Å²) in [6.07, 6.45) is 1.74. The molecule has 0 spiro atoms. The Bertz CT molecular complexity index is 1130. The standard InChI is InChI=1S/C21H23ClN6O2S/c1-16-8-9-23-20(14-16)24-19-6-7-21(26-25-19)27-10-12-28(13-11-27)31(29,30)15-17-2-4-18(22)5-3-17/h2-9,14H,10-13,15H2,1H3,(H,23,24,25). The van der Waals surface area contributed by atoms with Crippen LogP contribution in [0.4, 0.5) is 17.5 Å². The van der Waals surface area contributed by atoms with Crippen LogP contribution < -0.4 is 10.2 Å². The fourth-order valence-electron chi connectivity index (χ4n) is 3.37. The number of nitrogens with one attached hydrogen (secondary N) is 1. The highest BCUT2D eigenvalue weighted by atomic mass is 35.5. The molecule has 0 radical (unpaired) electrons. The van der Waals surface area contributed by atoms with Gasteiger partial charge in [0.15, 0.2) is 11.6 Å². The van der Waals surface area contributed by atoms with E-state index in [0.717, 1.165) is 16.9 Å². The highest BCUT2D eigenvalue weighted by Gasteiger charge is 2.27. The number of nitrogens with zero attached hydrogens (tertiary/aromatic N) is 5. The lowest BCUT2D eigenvalue weighted by molar-refractivity contribution is 0.383. The fraction of sp³-hybridized carbons (Fsp3) is 0.286. The maximum Gasteiger partial charge on any atom is 0.218 e. The molecule has 1 saturated heterocycles. The average Bonchev–Trinajstić information content (AvgIpc) is 2.76. The minimum absolute atomic E-state index is 0.0304. The third-order valence-electron chi connectivity index (χ3n) is 5.04. The molecule has 0 bridgehead atoms. The molecule has 10 heteroatoms. The molecule has 1 fully saturated rings. The Morgan fingerprint density at radius 1 is 0.968 bits per heavy atom. The number of halogens is 1. The molecule has 8 nitrogen and oxygen atoms in total. The van der Waals surface area contributed by atoms with E-state index in [4.69, 9.17) is 11.6 Å². The monoisotopic (exact) mass is 458 g/mol. The van der Waals surface area contributed by atoms with E-state index in [2.05, 4.69) is 20.5 Å². The Morgan fingerprint density at radius 2 is 1.71 bits per heavy atom. The van der Waals surface area contributed by atoms with Crippen molar-refractivity contribution in [1.82, 2.24) is 19.5 Å². The van der Waals surface area contributed by atoms with Gasteiger partial charge in [-0.05, 0) is 54.4 Å². The van der Waals surface area contributed by atoms with Crippen molar-refractivity contribution in [2.45, 2.75) is 12.7 Å². The molecule has 0 saturated carbocycles. The van der Waals surface area contributed by atoms with Gasteiger partial charge in [-0.3, -0.25) is 0 Å². The molecule has 1 aromatic carbocycles. The molecule has 31 heavy (non-hydrogen) atoms. The topological polar surface area (TPSA) is 91.3 Å². The van der Waals surface area contributed by atoms with Gasteiger partial charge in [-0.25, -0.2) is 13.4 Å². The molecule has 1 N–H and O–H groups in total. The van der Waals surface area contributed by atoms with Gasteiger partial charge in [-0.1, -0.05) is 23.7 Å². The highest BCUT2D eigenvalue weighted by Crippen LogP contribution is 2.20. The zero-order valence-corrected chi connectivity index (χ0v) is 18.6. The Hall–Kier alpha value is -2.75. The maximum atomic E-state index is 12.8. The lowest BCUT2D eigenvalue weighted by Crippen LogP contribution is -2.49. The number of pyridine rings is 1. The summed E-state index contributed by atoms with van der Waals surface area (Å²) in [5.74, 6) is 2.00. The van der Waals surface area contributed by atoms with E-state index in [-0.39, 0.29) is 5.75 Å². The van der Waals surface area contributed by atoms with Crippen LogP contribution in [0.5, 0.6) is 0 Å². The summed E-state index contributed by atoms with van der Waals surface area (Å²) >= 11 is 5.88. The van der Waals surface area contributed by atoms with Crippen molar-refractivity contribution in [1.29, 1.82) is 0 Å². The van der Waals surface area contributed by atoms with Crippen LogP contribution in [-0.2, 0) is 15.8 Å². The third-order valence-corrected chi connectivity index (χ3v) is 7.14. The number of aryl methyl sites for hydroxylation is 1. The minimum atomic E-state index is -3.39. The molecule has 0 amide bonds. The van der Waals surface area contributed by atoms with Crippen molar-refractivity contribution in [2.24, 2.45) is 0 Å². The van der Waals surface area contributed by atoms with Crippen molar-refractivity contribution in [2.75, 3.05) is 36.4 Å². The molecule has 0 unspecified atom stereocenters. The first kappa shape index (κ1) is 21.5. The van der Waals surface area contributed by atoms with Crippen LogP contribution in [0.3, 0.4) is 0 Å². The van der Waals surface area contributed by atoms with Crippen LogP contribution in [0, 0.1) is 6.92 Å². The van der Waals surface area contributed by atoms with E-state index in [0.29, 0.717) is 42.8 Å². The third kappa shape index (κ3) is 5.49. The summed E-state index contributed by atoms with van der Waals surface area (Å²) in [6, 6.07) is 14.5. The number of hydrogen-bond donors (Lipinski definition) is 1. The molecule has 3 heterocycles. The Balaban J connectivity index is 1.34. The predicted octanol–water partition coefficient (Wildman–Crippen LogP) is 3.23. The number of hydrogen-bond acceptors (Lipinski definition) is 7. The first-order valence-corrected chi connectivity index (χ1v) is 11.9. The second kappa shape index (κ2) is 9.17. The number of rotatable bonds is 6. The van der Waals surface area contributed by atoms with Gasteiger partial charge in [-0.15, -0.1) is 10.2 Å². The minimum Gasteiger partial charge on any atom is -0.352 e. The molecule has 162 valence electrons. The first-order valence-electron chi connectivity index (χ1n) is 9.90. The van der Waals surface area contributed by atoms with Crippen LogP contribution in [0.25, 0.3) is 0 Å². The molecule has 2 aromatic heterocycles. The molecule has 0 aliphatic carbocycles. The highest BCUT2D eigenvalue weighted by molar-refractivity contribution is 7.88. The van der Waals surface area contributed by atoms with Crippen molar-refractivity contribution in [3.63, 3.8) is 0 Å². The van der Waals surface area contributed by atoms with Crippen molar-refractivity contribution >= 4 is 39.1 Å². The molecule has 1 aliphatic rings. The van der Waals surface area contributed by atoms with Crippen molar-refractivity contribution < 1.29 is 8.42 Å². The molecular formula is C21H23ClN6O2S. The Kier molecular flexibility index (Phi) is 6.35. The zero-order valence-electron chi connectivity index (χ0n) is 17.1. The number of piperazine rings is 1. The van der Waals surface area contributed by atoms with Gasteiger partial charge in [0, 0.05) is 37.4 Å². The molecular weight excluding hydrogens is 436 g/mol. The molecule has 0 atom stereocenters. The fourth-order valence-corrected chi connectivity index (χ4v) is 5.02. The zero-order chi connectivity index (χ0) is 21.8. The second-order valence-electron chi connectivity index (χ2n) is 7.39. The van der Waals surface area contributed by atoms with Gasteiger partial charge < -0.3 is 10.2 Å². The second-order valence-corrected chi connectivity index (χ2v) is 9.79. The van der Waals surface area contributed by atoms with Gasteiger partial charge in [0.2, 0.25) is 10.0 Å². The van der Waals surface area contributed by atoms with Gasteiger partial charge in [0.1, 0.15) is 5.82 Å². The molecule has 4 rings (SSSR count). The lowest BCUT2D eigenvalue weighted by atomic mass is 10.2. The van der Waals surface area contributed by atoms with Crippen LogP contribution >= 0.6 is 11.6 Å². The van der Waals surface area contributed by atoms with E-state index in [9.17, 15) is 8.42 Å². The SMILES string of the molecule is Cc1ccnc(Nc2ccc(N3CCN(S(=O)(=O)Cc4ccc(Cl)cc4)CC3)nn2)c1. The van der Waals surface area contributed by atoms with Gasteiger partial charge in [-0.2, -0.15) is 4.31 Å². The molecule has 3 aromatic rings. The van der Waals surface area contributed by atoms with Crippen LogP contribution in [0.2, 0.25) is 5.02 Å². The Labute approximate surface area is 186 Å². The number of aromatic nitrogens is 3. The van der Waals surface area contributed by atoms with Crippen molar-refractivity contribution in [3.05, 3.63) is 70.9 Å². The van der Waals surface area contributed by atoms with E-state index in [1.165, 1.54) is 4.31 Å². The average molecular weight is 459 g/mol. The van der Waals surface area contributed by atoms with Gasteiger partial charge in [0.25, 0.3) is 0 Å². The van der Waals surface area contributed by atoms with Gasteiger partial charge in [0.05, 0.1) is 5.75 Å². The number of sulfonamides is 1. The largest absolute Gasteiger partial charge is 0.352 e. The van der Waals surface area contributed by atoms with E-state index in [1.54, 1.807) is 30.5 Å². The Morgan fingerprint density at radius 3 is 2.35 bits per heavy atom. The van der Waals surface area contributed by atoms with E-state index >= 15 is 0 Å². The quantitative estimate of drug-likeness (QED) is 0.606. The van der Waals surface area contributed by atoms with Crippen LogP contribution in [0.1, 0.15) is 11.1 Å². The number of benzene rings is 1. The summed E-state index contributed by atoms with van der Waals surface area (Å²) < 4.78 is 27.0. The van der Waals surface area contributed by atoms with Gasteiger partial charge >= 0.3 is 0 Å². The van der Waals surface area contributed by atoms with Crippen LogP contribution in [-0.4, -0.2) is 54.1 Å². The van der Waals surface area contributed by atoms with E-state index < -0.39 is 10.0 Å². The summed E-state index contributed by atoms with van der Waals surface area (Å²) in [5, 5.41) is 12.2. The maximum absolute atomic E-state index is 12.8. The summed E-state index contributed by atoms with van der Waals surface area (Å²) in [5.41, 5.74) is 1.83. The number of anilines is 3. The summed E-state index contributed by atoms with van der Waals surface area (Å²) in [4.78, 5) is 6.29. The smallest absolute Gasteiger partial charge is 0.218 e. The summed E-state index contributed by atoms with van der Waals surface area (Å²) in [7, 11) is -3.39. The van der Waals surface area contributed by atoms with Crippen molar-refractivity contribution in [3.8, 4) is 0 Å². The molecule has 1 aliphatic heterocycles. The predicted molar refractivity (Wildman–Crippen MR) is 122 cm³/mol. The lowest BCUT2D eigenvalue weighted by Gasteiger charge is -2.34. The van der Waals surface area contributed by atoms with Crippen LogP contribution in [0.15, 0.2) is 54.7 Å². The normalized spacial score (nSPS) is 15.1. The summed E-state index contributed by atoms with van der Waals surface area (Å²) in [6.45, 7) is 3.92. The first-order chi connectivity index (χ1) is 14.9.